The Labute approximate surface area is 82.1 Å². The fraction of sp³-hybridized carbons (Fsp3) is 0.333. The van der Waals surface area contributed by atoms with E-state index in [1.54, 1.807) is 16.9 Å². The molecule has 0 spiro atoms. The summed E-state index contributed by atoms with van der Waals surface area (Å²) in [5.74, 6) is 0.674. The van der Waals surface area contributed by atoms with Crippen LogP contribution in [0.1, 0.15) is 11.3 Å². The fourth-order valence-electron chi connectivity index (χ4n) is 1.34. The summed E-state index contributed by atoms with van der Waals surface area (Å²) in [6.45, 7) is 2.71. The molecule has 5 nitrogen and oxygen atoms in total. The Kier molecular flexibility index (Phi) is 1.99. The molecule has 0 saturated carbocycles. The van der Waals surface area contributed by atoms with Crippen LogP contribution in [0, 0.1) is 6.92 Å². The van der Waals surface area contributed by atoms with Crippen molar-refractivity contribution < 1.29 is 0 Å². The standard InChI is InChI=1S/C9H13N5/c1-7-8(5-12-13(7)2)6-14-9(10)3-4-11-14/h3-5H,6,10H2,1-2H3. The molecule has 0 aliphatic carbocycles. The number of hydrogen-bond donors (Lipinski definition) is 1. The zero-order chi connectivity index (χ0) is 10.1. The van der Waals surface area contributed by atoms with E-state index in [1.807, 2.05) is 24.9 Å². The number of rotatable bonds is 2. The molecule has 0 unspecified atom stereocenters. The largest absolute Gasteiger partial charge is 0.384 e. The number of nitrogens with two attached hydrogens (primary N) is 1. The molecule has 0 aromatic carbocycles. The van der Waals surface area contributed by atoms with Crippen LogP contribution in [0.15, 0.2) is 18.5 Å². The van der Waals surface area contributed by atoms with Gasteiger partial charge < -0.3 is 5.73 Å². The van der Waals surface area contributed by atoms with Gasteiger partial charge in [0.1, 0.15) is 5.82 Å². The minimum atomic E-state index is 0.674. The van der Waals surface area contributed by atoms with E-state index in [1.165, 1.54) is 0 Å². The maximum absolute atomic E-state index is 5.72. The first kappa shape index (κ1) is 8.80. The van der Waals surface area contributed by atoms with E-state index in [4.69, 9.17) is 5.73 Å². The van der Waals surface area contributed by atoms with Crippen LogP contribution in [0.25, 0.3) is 0 Å². The van der Waals surface area contributed by atoms with Gasteiger partial charge in [0.25, 0.3) is 0 Å². The highest BCUT2D eigenvalue weighted by molar-refractivity contribution is 5.28. The van der Waals surface area contributed by atoms with Gasteiger partial charge >= 0.3 is 0 Å². The summed E-state index contributed by atoms with van der Waals surface area (Å²) in [4.78, 5) is 0. The maximum Gasteiger partial charge on any atom is 0.122 e. The van der Waals surface area contributed by atoms with Crippen LogP contribution in [0.5, 0.6) is 0 Å². The Morgan fingerprint density at radius 2 is 2.21 bits per heavy atom. The lowest BCUT2D eigenvalue weighted by Gasteiger charge is -2.03. The first-order valence-electron chi connectivity index (χ1n) is 4.43. The van der Waals surface area contributed by atoms with Crippen LogP contribution in [0.3, 0.4) is 0 Å². The fourth-order valence-corrected chi connectivity index (χ4v) is 1.34. The molecule has 2 aromatic rings. The van der Waals surface area contributed by atoms with Crippen LogP contribution in [-0.4, -0.2) is 19.6 Å². The van der Waals surface area contributed by atoms with Gasteiger partial charge in [-0.15, -0.1) is 0 Å². The molecular weight excluding hydrogens is 178 g/mol. The zero-order valence-electron chi connectivity index (χ0n) is 8.31. The van der Waals surface area contributed by atoms with Gasteiger partial charge in [-0.25, -0.2) is 4.68 Å². The highest BCUT2D eigenvalue weighted by atomic mass is 15.3. The van der Waals surface area contributed by atoms with E-state index < -0.39 is 0 Å². The van der Waals surface area contributed by atoms with Crippen molar-refractivity contribution in [2.75, 3.05) is 5.73 Å². The smallest absolute Gasteiger partial charge is 0.122 e. The van der Waals surface area contributed by atoms with E-state index in [9.17, 15) is 0 Å². The molecule has 0 radical (unpaired) electrons. The van der Waals surface area contributed by atoms with Gasteiger partial charge in [-0.2, -0.15) is 10.2 Å². The third kappa shape index (κ3) is 1.37. The second kappa shape index (κ2) is 3.17. The van der Waals surface area contributed by atoms with Crippen LogP contribution in [0.2, 0.25) is 0 Å². The molecule has 2 aromatic heterocycles. The lowest BCUT2D eigenvalue weighted by atomic mass is 10.2. The van der Waals surface area contributed by atoms with Crippen molar-refractivity contribution in [1.82, 2.24) is 19.6 Å². The molecule has 74 valence electrons. The summed E-state index contributed by atoms with van der Waals surface area (Å²) in [6, 6.07) is 1.78. The number of aryl methyl sites for hydroxylation is 1. The van der Waals surface area contributed by atoms with Crippen LogP contribution < -0.4 is 5.73 Å². The molecule has 14 heavy (non-hydrogen) atoms. The number of hydrogen-bond acceptors (Lipinski definition) is 3. The minimum Gasteiger partial charge on any atom is -0.384 e. The zero-order valence-corrected chi connectivity index (χ0v) is 8.31. The first-order valence-corrected chi connectivity index (χ1v) is 4.43. The van der Waals surface area contributed by atoms with Crippen molar-refractivity contribution in [1.29, 1.82) is 0 Å². The molecule has 0 aliphatic heterocycles. The second-order valence-corrected chi connectivity index (χ2v) is 3.29. The Balaban J connectivity index is 2.27. The molecule has 0 bridgehead atoms. The lowest BCUT2D eigenvalue weighted by molar-refractivity contribution is 0.687. The van der Waals surface area contributed by atoms with Gasteiger partial charge in [0, 0.05) is 18.3 Å². The molecule has 0 atom stereocenters. The summed E-state index contributed by atoms with van der Waals surface area (Å²) < 4.78 is 3.60. The Morgan fingerprint density at radius 1 is 1.43 bits per heavy atom. The van der Waals surface area contributed by atoms with Crippen molar-refractivity contribution in [2.45, 2.75) is 13.5 Å². The third-order valence-corrected chi connectivity index (χ3v) is 2.41. The van der Waals surface area contributed by atoms with E-state index in [2.05, 4.69) is 10.2 Å². The predicted octanol–water partition coefficient (Wildman–Crippen LogP) is 0.556. The number of aromatic nitrogens is 4. The SMILES string of the molecule is Cc1c(Cn2nccc2N)cnn1C. The van der Waals surface area contributed by atoms with Gasteiger partial charge in [-0.1, -0.05) is 0 Å². The van der Waals surface area contributed by atoms with Crippen LogP contribution in [-0.2, 0) is 13.6 Å². The lowest BCUT2D eigenvalue weighted by Crippen LogP contribution is -2.06. The van der Waals surface area contributed by atoms with Crippen molar-refractivity contribution in [3.05, 3.63) is 29.7 Å². The van der Waals surface area contributed by atoms with Crippen molar-refractivity contribution in [3.63, 3.8) is 0 Å². The molecule has 0 saturated heterocycles. The molecule has 2 heterocycles. The molecule has 0 amide bonds. The van der Waals surface area contributed by atoms with Gasteiger partial charge in [0.2, 0.25) is 0 Å². The third-order valence-electron chi connectivity index (χ3n) is 2.41. The molecule has 2 N–H and O–H groups in total. The quantitative estimate of drug-likeness (QED) is 0.754. The molecular formula is C9H13N5. The Hall–Kier alpha value is -1.78. The molecule has 2 rings (SSSR count). The summed E-state index contributed by atoms with van der Waals surface area (Å²) in [5, 5.41) is 8.28. The highest BCUT2D eigenvalue weighted by Gasteiger charge is 2.05. The average Bonchev–Trinajstić information content (AvgIpc) is 2.68. The first-order chi connectivity index (χ1) is 6.68. The number of nitrogens with zero attached hydrogens (tertiary/aromatic N) is 4. The number of anilines is 1. The van der Waals surface area contributed by atoms with Crippen molar-refractivity contribution in [3.8, 4) is 0 Å². The van der Waals surface area contributed by atoms with E-state index in [-0.39, 0.29) is 0 Å². The average molecular weight is 191 g/mol. The molecule has 0 fully saturated rings. The monoisotopic (exact) mass is 191 g/mol. The summed E-state index contributed by atoms with van der Waals surface area (Å²) in [7, 11) is 1.92. The predicted molar refractivity (Wildman–Crippen MR) is 53.7 cm³/mol. The normalized spacial score (nSPS) is 10.7. The van der Waals surface area contributed by atoms with Gasteiger partial charge in [0.05, 0.1) is 18.9 Å². The van der Waals surface area contributed by atoms with Gasteiger partial charge in [0.15, 0.2) is 0 Å². The van der Waals surface area contributed by atoms with Gasteiger partial charge in [-0.05, 0) is 13.0 Å². The van der Waals surface area contributed by atoms with Crippen molar-refractivity contribution >= 4 is 5.82 Å². The number of nitrogen functional groups attached to an aromatic ring is 1. The Morgan fingerprint density at radius 3 is 2.71 bits per heavy atom. The summed E-state index contributed by atoms with van der Waals surface area (Å²) in [5.41, 5.74) is 8.00. The van der Waals surface area contributed by atoms with Crippen LogP contribution >= 0.6 is 0 Å². The second-order valence-electron chi connectivity index (χ2n) is 3.29. The van der Waals surface area contributed by atoms with Crippen molar-refractivity contribution in [2.24, 2.45) is 7.05 Å². The van der Waals surface area contributed by atoms with E-state index in [0.717, 1.165) is 11.3 Å². The topological polar surface area (TPSA) is 61.7 Å². The minimum absolute atomic E-state index is 0.674. The molecule has 5 heteroatoms. The Bertz CT molecular complexity index is 440. The molecule has 0 aliphatic rings. The maximum atomic E-state index is 5.72. The van der Waals surface area contributed by atoms with E-state index in [0.29, 0.717) is 12.4 Å². The highest BCUT2D eigenvalue weighted by Crippen LogP contribution is 2.09. The summed E-state index contributed by atoms with van der Waals surface area (Å²) >= 11 is 0. The van der Waals surface area contributed by atoms with Gasteiger partial charge in [-0.3, -0.25) is 4.68 Å². The summed E-state index contributed by atoms with van der Waals surface area (Å²) in [6.07, 6.45) is 3.54. The van der Waals surface area contributed by atoms with E-state index >= 15 is 0 Å². The van der Waals surface area contributed by atoms with Crippen LogP contribution in [0.4, 0.5) is 5.82 Å².